The monoisotopic (exact) mass is 379 g/mol. The molecule has 2 nitrogen and oxygen atoms in total. The molecule has 1 amide bonds. The number of halogens is 1. The molecule has 104 valence electrons. The van der Waals surface area contributed by atoms with Gasteiger partial charge in [-0.25, -0.2) is 0 Å². The zero-order valence-electron chi connectivity index (χ0n) is 11.9. The molecule has 0 radical (unpaired) electrons. The average molecular weight is 379 g/mol. The van der Waals surface area contributed by atoms with E-state index in [1.54, 1.807) is 0 Å². The molecule has 2 rings (SSSR count). The Labute approximate surface area is 133 Å². The quantitative estimate of drug-likeness (QED) is 0.787. The van der Waals surface area contributed by atoms with Gasteiger partial charge in [0.15, 0.2) is 0 Å². The number of carbonyl (C=O) groups is 1. The lowest BCUT2D eigenvalue weighted by molar-refractivity contribution is 0.0939. The Morgan fingerprint density at radius 2 is 1.80 bits per heavy atom. The maximum Gasteiger partial charge on any atom is 0.252 e. The first kappa shape index (κ1) is 15.0. The molecule has 20 heavy (non-hydrogen) atoms. The standard InChI is InChI=1S/C17H18INO/c1-11-8-9-14(10-12(11)2)13(3)19-17(20)15-6-4-5-7-16(15)18/h4-10,13H,1-3H3,(H,19,20)/t13-/m1/s1. The van der Waals surface area contributed by atoms with Gasteiger partial charge < -0.3 is 5.32 Å². The third-order valence-electron chi connectivity index (χ3n) is 3.50. The summed E-state index contributed by atoms with van der Waals surface area (Å²) in [6.45, 7) is 6.19. The Morgan fingerprint density at radius 1 is 1.10 bits per heavy atom. The molecular weight excluding hydrogens is 361 g/mol. The molecule has 0 unspecified atom stereocenters. The van der Waals surface area contributed by atoms with Gasteiger partial charge in [0.25, 0.3) is 5.91 Å². The highest BCUT2D eigenvalue weighted by Crippen LogP contribution is 2.18. The van der Waals surface area contributed by atoms with Crippen molar-refractivity contribution in [2.75, 3.05) is 0 Å². The van der Waals surface area contributed by atoms with Crippen molar-refractivity contribution >= 4 is 28.5 Å². The van der Waals surface area contributed by atoms with Gasteiger partial charge in [-0.05, 0) is 72.2 Å². The number of benzene rings is 2. The molecule has 3 heteroatoms. The summed E-state index contributed by atoms with van der Waals surface area (Å²) < 4.78 is 0.967. The average Bonchev–Trinajstić information content (AvgIpc) is 2.42. The van der Waals surface area contributed by atoms with Crippen molar-refractivity contribution in [2.45, 2.75) is 26.8 Å². The molecule has 2 aromatic carbocycles. The molecule has 0 fully saturated rings. The van der Waals surface area contributed by atoms with Crippen LogP contribution in [-0.2, 0) is 0 Å². The Morgan fingerprint density at radius 3 is 2.45 bits per heavy atom. The van der Waals surface area contributed by atoms with E-state index in [1.807, 2.05) is 31.2 Å². The molecule has 0 aliphatic heterocycles. The van der Waals surface area contributed by atoms with Gasteiger partial charge in [-0.1, -0.05) is 30.3 Å². The van der Waals surface area contributed by atoms with E-state index in [0.717, 1.165) is 14.7 Å². The SMILES string of the molecule is Cc1ccc([C@@H](C)NC(=O)c2ccccc2I)cc1C. The number of hydrogen-bond acceptors (Lipinski definition) is 1. The van der Waals surface area contributed by atoms with Crippen LogP contribution in [0.5, 0.6) is 0 Å². The molecule has 1 atom stereocenters. The van der Waals surface area contributed by atoms with E-state index in [2.05, 4.69) is 60.0 Å². The number of hydrogen-bond donors (Lipinski definition) is 1. The fraction of sp³-hybridized carbons (Fsp3) is 0.235. The third-order valence-corrected chi connectivity index (χ3v) is 4.44. The van der Waals surface area contributed by atoms with Gasteiger partial charge in [0.05, 0.1) is 11.6 Å². The third kappa shape index (κ3) is 3.39. The van der Waals surface area contributed by atoms with Gasteiger partial charge in [-0.15, -0.1) is 0 Å². The molecule has 0 aliphatic rings. The van der Waals surface area contributed by atoms with Crippen molar-refractivity contribution in [3.63, 3.8) is 0 Å². The Hall–Kier alpha value is -1.36. The first-order valence-corrected chi connectivity index (χ1v) is 7.69. The highest BCUT2D eigenvalue weighted by atomic mass is 127. The highest BCUT2D eigenvalue weighted by Gasteiger charge is 2.13. The molecular formula is C17H18INO. The van der Waals surface area contributed by atoms with E-state index >= 15 is 0 Å². The van der Waals surface area contributed by atoms with Crippen molar-refractivity contribution in [1.29, 1.82) is 0 Å². The Bertz CT molecular complexity index is 637. The van der Waals surface area contributed by atoms with E-state index in [-0.39, 0.29) is 11.9 Å². The molecule has 0 bridgehead atoms. The normalized spacial score (nSPS) is 12.0. The first-order chi connectivity index (χ1) is 9.49. The minimum Gasteiger partial charge on any atom is -0.345 e. The first-order valence-electron chi connectivity index (χ1n) is 6.61. The predicted molar refractivity (Wildman–Crippen MR) is 91.0 cm³/mol. The zero-order chi connectivity index (χ0) is 14.7. The number of nitrogens with one attached hydrogen (secondary N) is 1. The van der Waals surface area contributed by atoms with Crippen LogP contribution in [0.25, 0.3) is 0 Å². The second-order valence-corrected chi connectivity index (χ2v) is 6.18. The van der Waals surface area contributed by atoms with E-state index < -0.39 is 0 Å². The van der Waals surface area contributed by atoms with Crippen LogP contribution >= 0.6 is 22.6 Å². The minimum absolute atomic E-state index is 0.00203. The van der Waals surface area contributed by atoms with Gasteiger partial charge in [0.1, 0.15) is 0 Å². The van der Waals surface area contributed by atoms with Crippen LogP contribution in [0.1, 0.15) is 40.0 Å². The molecule has 0 aromatic heterocycles. The molecule has 0 saturated carbocycles. The van der Waals surface area contributed by atoms with E-state index in [4.69, 9.17) is 0 Å². The number of carbonyl (C=O) groups excluding carboxylic acids is 1. The lowest BCUT2D eigenvalue weighted by Crippen LogP contribution is -2.27. The van der Waals surface area contributed by atoms with Gasteiger partial charge in [0, 0.05) is 3.57 Å². The van der Waals surface area contributed by atoms with Crippen LogP contribution in [-0.4, -0.2) is 5.91 Å². The molecule has 0 aliphatic carbocycles. The molecule has 0 spiro atoms. The summed E-state index contributed by atoms with van der Waals surface area (Å²) >= 11 is 2.19. The summed E-state index contributed by atoms with van der Waals surface area (Å²) in [7, 11) is 0. The topological polar surface area (TPSA) is 29.1 Å². The van der Waals surface area contributed by atoms with Gasteiger partial charge in [-0.3, -0.25) is 4.79 Å². The Kier molecular flexibility index (Phi) is 4.81. The van der Waals surface area contributed by atoms with Crippen LogP contribution in [0.4, 0.5) is 0 Å². The van der Waals surface area contributed by atoms with Crippen molar-refractivity contribution in [3.05, 3.63) is 68.3 Å². The fourth-order valence-corrected chi connectivity index (χ4v) is 2.67. The van der Waals surface area contributed by atoms with E-state index in [0.29, 0.717) is 0 Å². The summed E-state index contributed by atoms with van der Waals surface area (Å²) in [4.78, 5) is 12.3. The van der Waals surface area contributed by atoms with Crippen molar-refractivity contribution < 1.29 is 4.79 Å². The van der Waals surface area contributed by atoms with E-state index in [9.17, 15) is 4.79 Å². The highest BCUT2D eigenvalue weighted by molar-refractivity contribution is 14.1. The molecule has 1 N–H and O–H groups in total. The number of aryl methyl sites for hydroxylation is 2. The zero-order valence-corrected chi connectivity index (χ0v) is 14.1. The minimum atomic E-state index is -0.0271. The fourth-order valence-electron chi connectivity index (χ4n) is 2.04. The molecule has 2 aromatic rings. The number of amides is 1. The van der Waals surface area contributed by atoms with Gasteiger partial charge in [0.2, 0.25) is 0 Å². The number of rotatable bonds is 3. The Balaban J connectivity index is 2.15. The van der Waals surface area contributed by atoms with Crippen LogP contribution < -0.4 is 5.32 Å². The van der Waals surface area contributed by atoms with Crippen LogP contribution in [0.2, 0.25) is 0 Å². The summed E-state index contributed by atoms with van der Waals surface area (Å²) in [6.07, 6.45) is 0. The molecule has 0 saturated heterocycles. The van der Waals surface area contributed by atoms with Crippen LogP contribution in [0, 0.1) is 17.4 Å². The maximum atomic E-state index is 12.3. The summed E-state index contributed by atoms with van der Waals surface area (Å²) in [5.41, 5.74) is 4.37. The maximum absolute atomic E-state index is 12.3. The summed E-state index contributed by atoms with van der Waals surface area (Å²) in [5, 5.41) is 3.06. The van der Waals surface area contributed by atoms with Crippen LogP contribution in [0.3, 0.4) is 0 Å². The predicted octanol–water partition coefficient (Wildman–Crippen LogP) is 4.40. The molecule has 0 heterocycles. The largest absolute Gasteiger partial charge is 0.345 e. The van der Waals surface area contributed by atoms with Gasteiger partial charge >= 0.3 is 0 Å². The lowest BCUT2D eigenvalue weighted by atomic mass is 10.0. The summed E-state index contributed by atoms with van der Waals surface area (Å²) in [6, 6.07) is 13.9. The van der Waals surface area contributed by atoms with Crippen molar-refractivity contribution in [1.82, 2.24) is 5.32 Å². The van der Waals surface area contributed by atoms with Crippen molar-refractivity contribution in [3.8, 4) is 0 Å². The summed E-state index contributed by atoms with van der Waals surface area (Å²) in [5.74, 6) is -0.0271. The van der Waals surface area contributed by atoms with Gasteiger partial charge in [-0.2, -0.15) is 0 Å². The van der Waals surface area contributed by atoms with E-state index in [1.165, 1.54) is 11.1 Å². The second-order valence-electron chi connectivity index (χ2n) is 5.02. The van der Waals surface area contributed by atoms with Crippen molar-refractivity contribution in [2.24, 2.45) is 0 Å². The smallest absolute Gasteiger partial charge is 0.252 e. The lowest BCUT2D eigenvalue weighted by Gasteiger charge is -2.16. The van der Waals surface area contributed by atoms with Crippen LogP contribution in [0.15, 0.2) is 42.5 Å². The second kappa shape index (κ2) is 6.39.